The molecule has 4 aromatic carbocycles. The van der Waals surface area contributed by atoms with Gasteiger partial charge in [0.15, 0.2) is 0 Å². The second-order valence-electron chi connectivity index (χ2n) is 10.2. The van der Waals surface area contributed by atoms with Gasteiger partial charge in [-0.15, -0.1) is 0 Å². The van der Waals surface area contributed by atoms with E-state index in [1.165, 1.54) is 46.2 Å². The smallest absolute Gasteiger partial charge is 0.0700 e. The van der Waals surface area contributed by atoms with Gasteiger partial charge in [0, 0.05) is 17.6 Å². The van der Waals surface area contributed by atoms with E-state index in [0.29, 0.717) is 12.0 Å². The Bertz CT molecular complexity index is 1350. The minimum Gasteiger partial charge on any atom is -0.382 e. The fourth-order valence-corrected chi connectivity index (χ4v) is 5.53. The fraction of sp³-hybridized carbons (Fsp3) is 0.270. The van der Waals surface area contributed by atoms with Crippen molar-refractivity contribution in [2.24, 2.45) is 0 Å². The van der Waals surface area contributed by atoms with Crippen LogP contribution in [0.5, 0.6) is 0 Å². The first-order valence-electron chi connectivity index (χ1n) is 14.3. The Morgan fingerprint density at radius 3 is 2.05 bits per heavy atom. The van der Waals surface area contributed by atoms with Gasteiger partial charge in [-0.25, -0.2) is 0 Å². The van der Waals surface area contributed by atoms with Crippen molar-refractivity contribution in [1.82, 2.24) is 0 Å². The minimum absolute atomic E-state index is 0.0792. The highest BCUT2D eigenvalue weighted by Gasteiger charge is 2.30. The van der Waals surface area contributed by atoms with Crippen LogP contribution in [0.4, 0.5) is 5.69 Å². The summed E-state index contributed by atoms with van der Waals surface area (Å²) in [4.78, 5) is 0. The van der Waals surface area contributed by atoms with E-state index in [1.54, 1.807) is 0 Å². The zero-order chi connectivity index (χ0) is 27.6. The van der Waals surface area contributed by atoms with Crippen molar-refractivity contribution in [3.63, 3.8) is 0 Å². The lowest BCUT2D eigenvalue weighted by Crippen LogP contribution is -2.23. The molecule has 2 nitrogen and oxygen atoms in total. The van der Waals surface area contributed by atoms with Gasteiger partial charge >= 0.3 is 0 Å². The molecule has 1 aliphatic carbocycles. The SMILES string of the molecule is CC.Cc1ccc(C(C)C#N)cc1C1CCCC1Nc1ccc(C=C(c2ccccc2)c2ccccc2)cc1. The van der Waals surface area contributed by atoms with Gasteiger partial charge in [-0.3, -0.25) is 0 Å². The lowest BCUT2D eigenvalue weighted by Gasteiger charge is -2.25. The summed E-state index contributed by atoms with van der Waals surface area (Å²) in [6.07, 6.45) is 5.84. The van der Waals surface area contributed by atoms with E-state index in [-0.39, 0.29) is 5.92 Å². The number of rotatable bonds is 7. The molecule has 1 fully saturated rings. The number of hydrogen-bond donors (Lipinski definition) is 1. The monoisotopic (exact) mass is 512 g/mol. The Morgan fingerprint density at radius 1 is 0.846 bits per heavy atom. The average Bonchev–Trinajstić information content (AvgIpc) is 3.46. The molecule has 2 heteroatoms. The van der Waals surface area contributed by atoms with E-state index in [9.17, 15) is 5.26 Å². The van der Waals surface area contributed by atoms with Crippen molar-refractivity contribution in [2.45, 2.75) is 64.8 Å². The van der Waals surface area contributed by atoms with E-state index in [1.807, 2.05) is 20.8 Å². The van der Waals surface area contributed by atoms with Gasteiger partial charge in [0.05, 0.1) is 12.0 Å². The molecule has 1 saturated carbocycles. The van der Waals surface area contributed by atoms with Crippen LogP contribution in [-0.4, -0.2) is 6.04 Å². The summed E-state index contributed by atoms with van der Waals surface area (Å²) in [7, 11) is 0. The lowest BCUT2D eigenvalue weighted by molar-refractivity contribution is 0.645. The van der Waals surface area contributed by atoms with Gasteiger partial charge in [-0.05, 0) is 83.9 Å². The summed E-state index contributed by atoms with van der Waals surface area (Å²) < 4.78 is 0. The first-order valence-corrected chi connectivity index (χ1v) is 14.3. The largest absolute Gasteiger partial charge is 0.382 e. The summed E-state index contributed by atoms with van der Waals surface area (Å²) >= 11 is 0. The van der Waals surface area contributed by atoms with Crippen molar-refractivity contribution in [3.05, 3.63) is 137 Å². The highest BCUT2D eigenvalue weighted by atomic mass is 14.9. The molecule has 1 aliphatic rings. The number of aryl methyl sites for hydroxylation is 1. The normalized spacial score (nSPS) is 16.8. The second kappa shape index (κ2) is 13.6. The first-order chi connectivity index (χ1) is 19.1. The summed E-state index contributed by atoms with van der Waals surface area (Å²) in [5.41, 5.74) is 9.84. The molecule has 0 heterocycles. The van der Waals surface area contributed by atoms with Crippen molar-refractivity contribution >= 4 is 17.3 Å². The molecule has 0 aromatic heterocycles. The summed E-state index contributed by atoms with van der Waals surface area (Å²) in [5.74, 6) is 0.387. The summed E-state index contributed by atoms with van der Waals surface area (Å²) in [5, 5.41) is 13.2. The van der Waals surface area contributed by atoms with Crippen molar-refractivity contribution in [1.29, 1.82) is 5.26 Å². The highest BCUT2D eigenvalue weighted by Crippen LogP contribution is 2.39. The van der Waals surface area contributed by atoms with Crippen LogP contribution in [0.15, 0.2) is 103 Å². The third kappa shape index (κ3) is 6.87. The zero-order valence-electron chi connectivity index (χ0n) is 23.7. The van der Waals surface area contributed by atoms with Crippen molar-refractivity contribution < 1.29 is 0 Å². The molecule has 0 spiro atoms. The fourth-order valence-electron chi connectivity index (χ4n) is 5.53. The van der Waals surface area contributed by atoms with Gasteiger partial charge in [0.1, 0.15) is 0 Å². The Kier molecular flexibility index (Phi) is 9.76. The predicted octanol–water partition coefficient (Wildman–Crippen LogP) is 9.99. The highest BCUT2D eigenvalue weighted by molar-refractivity contribution is 5.91. The van der Waals surface area contributed by atoms with E-state index in [0.717, 1.165) is 17.7 Å². The maximum atomic E-state index is 9.40. The van der Waals surface area contributed by atoms with Crippen LogP contribution in [0.2, 0.25) is 0 Å². The molecule has 198 valence electrons. The van der Waals surface area contributed by atoms with Gasteiger partial charge in [0.2, 0.25) is 0 Å². The van der Waals surface area contributed by atoms with E-state index < -0.39 is 0 Å². The van der Waals surface area contributed by atoms with Gasteiger partial charge in [0.25, 0.3) is 0 Å². The molecule has 39 heavy (non-hydrogen) atoms. The van der Waals surface area contributed by atoms with Crippen LogP contribution in [0.3, 0.4) is 0 Å². The number of nitrogens with one attached hydrogen (secondary N) is 1. The maximum absolute atomic E-state index is 9.40. The van der Waals surface area contributed by atoms with Crippen molar-refractivity contribution in [2.75, 3.05) is 5.32 Å². The maximum Gasteiger partial charge on any atom is 0.0700 e. The average molecular weight is 513 g/mol. The molecule has 0 saturated heterocycles. The Morgan fingerprint density at radius 2 is 1.46 bits per heavy atom. The third-order valence-corrected chi connectivity index (χ3v) is 7.66. The molecule has 3 atom stereocenters. The molecular weight excluding hydrogens is 472 g/mol. The Hall–Kier alpha value is -4.09. The molecule has 5 rings (SSSR count). The van der Waals surface area contributed by atoms with Crippen LogP contribution >= 0.6 is 0 Å². The number of hydrogen-bond acceptors (Lipinski definition) is 2. The van der Waals surface area contributed by atoms with Crippen LogP contribution in [-0.2, 0) is 0 Å². The van der Waals surface area contributed by atoms with Crippen LogP contribution in [0, 0.1) is 18.3 Å². The Labute approximate surface area is 235 Å². The predicted molar refractivity (Wildman–Crippen MR) is 167 cm³/mol. The first kappa shape index (κ1) is 27.9. The van der Waals surface area contributed by atoms with Gasteiger partial charge < -0.3 is 5.32 Å². The summed E-state index contributed by atoms with van der Waals surface area (Å²) in [6, 6.07) is 39.4. The number of anilines is 1. The third-order valence-electron chi connectivity index (χ3n) is 7.66. The van der Waals surface area contributed by atoms with E-state index >= 15 is 0 Å². The minimum atomic E-state index is -0.0792. The molecule has 0 aliphatic heterocycles. The molecule has 1 N–H and O–H groups in total. The number of nitriles is 1. The van der Waals surface area contributed by atoms with Crippen molar-refractivity contribution in [3.8, 4) is 6.07 Å². The van der Waals surface area contributed by atoms with Gasteiger partial charge in [-0.2, -0.15) is 5.26 Å². The van der Waals surface area contributed by atoms with Crippen LogP contribution in [0.1, 0.15) is 85.3 Å². The zero-order valence-corrected chi connectivity index (χ0v) is 23.7. The number of nitrogens with zero attached hydrogens (tertiary/aromatic N) is 1. The van der Waals surface area contributed by atoms with Crippen LogP contribution < -0.4 is 5.32 Å². The topological polar surface area (TPSA) is 35.8 Å². The second-order valence-corrected chi connectivity index (χ2v) is 10.2. The molecule has 0 amide bonds. The molecule has 4 aromatic rings. The van der Waals surface area contributed by atoms with E-state index in [4.69, 9.17) is 0 Å². The van der Waals surface area contributed by atoms with Gasteiger partial charge in [-0.1, -0.05) is 111 Å². The molecule has 0 bridgehead atoms. The quantitative estimate of drug-likeness (QED) is 0.250. The molecule has 3 unspecified atom stereocenters. The van der Waals surface area contributed by atoms with Crippen LogP contribution in [0.25, 0.3) is 11.6 Å². The standard InChI is InChI=1S/C35H34N2.C2H6/c1-25-16-19-30(26(2)24-36)23-33(25)32-14-9-15-35(32)37-31-20-17-27(18-21-31)22-34(28-10-5-3-6-11-28)29-12-7-4-8-13-29;1-2/h3-8,10-13,16-23,26,32,35,37H,9,14-15H2,1-2H3;1-2H3. The molecule has 0 radical (unpaired) electrons. The summed E-state index contributed by atoms with van der Waals surface area (Å²) in [6.45, 7) is 8.18. The number of benzene rings is 4. The van der Waals surface area contributed by atoms with E-state index in [2.05, 4.69) is 128 Å². The molecular formula is C37H40N2. The lowest BCUT2D eigenvalue weighted by atomic mass is 9.87. The Balaban J connectivity index is 0.00000172.